The van der Waals surface area contributed by atoms with Crippen molar-refractivity contribution in [2.24, 2.45) is 5.73 Å². The minimum absolute atomic E-state index is 0. The monoisotopic (exact) mass is 389 g/mol. The lowest BCUT2D eigenvalue weighted by molar-refractivity contribution is -0.137. The minimum atomic E-state index is -3.51. The van der Waals surface area contributed by atoms with Crippen molar-refractivity contribution in [1.82, 2.24) is 9.21 Å². The van der Waals surface area contributed by atoms with Crippen LogP contribution in [0.1, 0.15) is 32.8 Å². The Hall–Kier alpha value is -1.15. The summed E-state index contributed by atoms with van der Waals surface area (Å²) in [4.78, 5) is 14.1. The zero-order valence-electron chi connectivity index (χ0n) is 15.1. The van der Waals surface area contributed by atoms with Gasteiger partial charge in [0.15, 0.2) is 0 Å². The summed E-state index contributed by atoms with van der Waals surface area (Å²) in [7, 11) is -3.51. The standard InChI is InChI=1S/C17H27N3O3S.ClH/c1-4-5-14-6-8-15(9-7-14)24(22,23)20-12-10-19(11-13-20)16(21)17(2,3)18;/h6-9H,4-5,10-13,18H2,1-3H3;1H. The van der Waals surface area contributed by atoms with Crippen LogP contribution in [0.5, 0.6) is 0 Å². The molecular weight excluding hydrogens is 362 g/mol. The van der Waals surface area contributed by atoms with E-state index >= 15 is 0 Å². The summed E-state index contributed by atoms with van der Waals surface area (Å²) in [6.07, 6.45) is 1.97. The van der Waals surface area contributed by atoms with Crippen LogP contribution >= 0.6 is 12.4 Å². The van der Waals surface area contributed by atoms with Crippen LogP contribution in [0.3, 0.4) is 0 Å². The van der Waals surface area contributed by atoms with Crippen LogP contribution in [0.15, 0.2) is 29.2 Å². The number of nitrogens with zero attached hydrogens (tertiary/aromatic N) is 2. The molecule has 8 heteroatoms. The highest BCUT2D eigenvalue weighted by Gasteiger charge is 2.34. The van der Waals surface area contributed by atoms with Gasteiger partial charge in [-0.25, -0.2) is 8.42 Å². The van der Waals surface area contributed by atoms with Gasteiger partial charge in [-0.05, 0) is 38.0 Å². The van der Waals surface area contributed by atoms with Crippen molar-refractivity contribution >= 4 is 28.3 Å². The van der Waals surface area contributed by atoms with Crippen molar-refractivity contribution in [2.75, 3.05) is 26.2 Å². The molecule has 0 bridgehead atoms. The minimum Gasteiger partial charge on any atom is -0.338 e. The highest BCUT2D eigenvalue weighted by atomic mass is 35.5. The number of carbonyl (C=O) groups is 1. The van der Waals surface area contributed by atoms with Crippen LogP contribution in [0.2, 0.25) is 0 Å². The molecule has 1 fully saturated rings. The zero-order chi connectivity index (χ0) is 18.0. The van der Waals surface area contributed by atoms with E-state index in [0.29, 0.717) is 31.1 Å². The Morgan fingerprint density at radius 3 is 2.08 bits per heavy atom. The SMILES string of the molecule is CCCc1ccc(S(=O)(=O)N2CCN(C(=O)C(C)(C)N)CC2)cc1.Cl. The fourth-order valence-corrected chi connectivity index (χ4v) is 4.23. The van der Waals surface area contributed by atoms with Gasteiger partial charge in [0.25, 0.3) is 0 Å². The number of amides is 1. The highest BCUT2D eigenvalue weighted by molar-refractivity contribution is 7.89. The number of halogens is 1. The van der Waals surface area contributed by atoms with Crippen LogP contribution < -0.4 is 5.73 Å². The molecule has 0 spiro atoms. The molecule has 1 aromatic rings. The summed E-state index contributed by atoms with van der Waals surface area (Å²) in [6, 6.07) is 7.07. The second-order valence-electron chi connectivity index (χ2n) is 6.81. The van der Waals surface area contributed by atoms with Gasteiger partial charge in [0.2, 0.25) is 15.9 Å². The van der Waals surface area contributed by atoms with E-state index in [-0.39, 0.29) is 18.3 Å². The van der Waals surface area contributed by atoms with Crippen molar-refractivity contribution < 1.29 is 13.2 Å². The predicted octanol–water partition coefficient (Wildman–Crippen LogP) is 1.63. The van der Waals surface area contributed by atoms with E-state index in [4.69, 9.17) is 5.73 Å². The molecule has 1 aromatic carbocycles. The maximum absolute atomic E-state index is 12.7. The average Bonchev–Trinajstić information content (AvgIpc) is 2.54. The van der Waals surface area contributed by atoms with Gasteiger partial charge >= 0.3 is 0 Å². The van der Waals surface area contributed by atoms with Crippen LogP contribution in [0, 0.1) is 0 Å². The lowest BCUT2D eigenvalue weighted by atomic mass is 10.1. The second-order valence-corrected chi connectivity index (χ2v) is 8.75. The molecule has 1 amide bonds. The molecule has 25 heavy (non-hydrogen) atoms. The quantitative estimate of drug-likeness (QED) is 0.829. The largest absolute Gasteiger partial charge is 0.338 e. The fourth-order valence-electron chi connectivity index (χ4n) is 2.80. The Labute approximate surface area is 156 Å². The van der Waals surface area contributed by atoms with Crippen molar-refractivity contribution in [3.63, 3.8) is 0 Å². The van der Waals surface area contributed by atoms with Gasteiger partial charge < -0.3 is 10.6 Å². The molecular formula is C17H28ClN3O3S. The van der Waals surface area contributed by atoms with Crippen molar-refractivity contribution in [1.29, 1.82) is 0 Å². The van der Waals surface area contributed by atoms with Crippen molar-refractivity contribution in [3.05, 3.63) is 29.8 Å². The number of benzene rings is 1. The topological polar surface area (TPSA) is 83.7 Å². The number of sulfonamides is 1. The molecule has 0 aliphatic carbocycles. The van der Waals surface area contributed by atoms with E-state index in [2.05, 4.69) is 6.92 Å². The summed E-state index contributed by atoms with van der Waals surface area (Å²) >= 11 is 0. The normalized spacial score (nSPS) is 16.4. The van der Waals surface area contributed by atoms with Gasteiger partial charge in [0.1, 0.15) is 0 Å². The number of carbonyl (C=O) groups excluding carboxylic acids is 1. The molecule has 6 nitrogen and oxygen atoms in total. The van der Waals surface area contributed by atoms with Crippen LogP contribution in [-0.2, 0) is 21.2 Å². The maximum Gasteiger partial charge on any atom is 0.243 e. The first kappa shape index (κ1) is 21.9. The number of piperazine rings is 1. The Morgan fingerprint density at radius 1 is 1.12 bits per heavy atom. The van der Waals surface area contributed by atoms with Crippen molar-refractivity contribution in [2.45, 2.75) is 44.0 Å². The van der Waals surface area contributed by atoms with Gasteiger partial charge in [0, 0.05) is 26.2 Å². The molecule has 2 N–H and O–H groups in total. The lowest BCUT2D eigenvalue weighted by Crippen LogP contribution is -2.57. The molecule has 0 unspecified atom stereocenters. The Balaban J connectivity index is 0.00000312. The Kier molecular flexibility index (Phi) is 7.43. The first-order valence-electron chi connectivity index (χ1n) is 8.33. The van der Waals surface area contributed by atoms with E-state index in [9.17, 15) is 13.2 Å². The Morgan fingerprint density at radius 2 is 1.64 bits per heavy atom. The number of rotatable bonds is 5. The summed E-state index contributed by atoms with van der Waals surface area (Å²) in [5.41, 5.74) is 6.04. The van der Waals surface area contributed by atoms with E-state index in [1.807, 2.05) is 12.1 Å². The third-order valence-corrected chi connectivity index (χ3v) is 6.09. The second kappa shape index (κ2) is 8.49. The third kappa shape index (κ3) is 5.17. The molecule has 1 aliphatic rings. The van der Waals surface area contributed by atoms with Gasteiger partial charge in [-0.15, -0.1) is 12.4 Å². The summed E-state index contributed by atoms with van der Waals surface area (Å²) in [6.45, 7) is 6.74. The number of hydrogen-bond acceptors (Lipinski definition) is 4. The van der Waals surface area contributed by atoms with Crippen LogP contribution in [0.4, 0.5) is 0 Å². The number of nitrogens with two attached hydrogens (primary N) is 1. The van der Waals surface area contributed by atoms with Gasteiger partial charge in [-0.1, -0.05) is 25.5 Å². The van der Waals surface area contributed by atoms with Crippen molar-refractivity contribution in [3.8, 4) is 0 Å². The first-order chi connectivity index (χ1) is 11.2. The fraction of sp³-hybridized carbons (Fsp3) is 0.588. The van der Waals surface area contributed by atoms with E-state index < -0.39 is 15.6 Å². The number of aryl methyl sites for hydroxylation is 1. The average molecular weight is 390 g/mol. The van der Waals surface area contributed by atoms with E-state index in [1.165, 1.54) is 4.31 Å². The molecule has 142 valence electrons. The van der Waals surface area contributed by atoms with E-state index in [0.717, 1.165) is 18.4 Å². The van der Waals surface area contributed by atoms with Crippen LogP contribution in [0.25, 0.3) is 0 Å². The van der Waals surface area contributed by atoms with Gasteiger partial charge in [-0.2, -0.15) is 4.31 Å². The lowest BCUT2D eigenvalue weighted by Gasteiger charge is -2.36. The molecule has 0 saturated carbocycles. The van der Waals surface area contributed by atoms with Crippen LogP contribution in [-0.4, -0.2) is 55.2 Å². The van der Waals surface area contributed by atoms with E-state index in [1.54, 1.807) is 30.9 Å². The molecule has 0 atom stereocenters. The third-order valence-electron chi connectivity index (χ3n) is 4.18. The smallest absolute Gasteiger partial charge is 0.243 e. The Bertz CT molecular complexity index is 676. The molecule has 1 heterocycles. The summed E-state index contributed by atoms with van der Waals surface area (Å²) in [5.74, 6) is -0.150. The van der Waals surface area contributed by atoms with Gasteiger partial charge in [-0.3, -0.25) is 4.79 Å². The van der Waals surface area contributed by atoms with Gasteiger partial charge in [0.05, 0.1) is 10.4 Å². The number of hydrogen-bond donors (Lipinski definition) is 1. The zero-order valence-corrected chi connectivity index (χ0v) is 16.7. The first-order valence-corrected chi connectivity index (χ1v) is 9.77. The molecule has 1 saturated heterocycles. The predicted molar refractivity (Wildman–Crippen MR) is 101 cm³/mol. The highest BCUT2D eigenvalue weighted by Crippen LogP contribution is 2.19. The molecule has 0 radical (unpaired) electrons. The molecule has 1 aliphatic heterocycles. The maximum atomic E-state index is 12.7. The summed E-state index contributed by atoms with van der Waals surface area (Å²) < 4.78 is 26.9. The molecule has 2 rings (SSSR count). The molecule has 0 aromatic heterocycles. The summed E-state index contributed by atoms with van der Waals surface area (Å²) in [5, 5.41) is 0.